The van der Waals surface area contributed by atoms with Crippen LogP contribution in [0, 0.1) is 0 Å². The minimum absolute atomic E-state index is 0.272. The SMILES string of the molecule is CCC1(C)CN(Cc2ccc(C(C)C)cc2)CCCN1. The zero-order valence-electron chi connectivity index (χ0n) is 13.6. The van der Waals surface area contributed by atoms with Gasteiger partial charge in [0.1, 0.15) is 0 Å². The zero-order chi connectivity index (χ0) is 14.6. The summed E-state index contributed by atoms with van der Waals surface area (Å²) in [6.07, 6.45) is 2.44. The molecule has 20 heavy (non-hydrogen) atoms. The van der Waals surface area contributed by atoms with Crippen molar-refractivity contribution in [2.45, 2.75) is 58.5 Å². The second-order valence-corrected chi connectivity index (χ2v) is 6.80. The normalized spacial score (nSPS) is 24.9. The lowest BCUT2D eigenvalue weighted by molar-refractivity contribution is 0.208. The second kappa shape index (κ2) is 6.73. The van der Waals surface area contributed by atoms with Gasteiger partial charge in [-0.15, -0.1) is 0 Å². The standard InChI is InChI=1S/C18H30N2/c1-5-18(4)14-20(12-6-11-19-18)13-16-7-9-17(10-8-16)15(2)3/h7-10,15,19H,5-6,11-14H2,1-4H3. The van der Waals surface area contributed by atoms with Crippen LogP contribution in [0.1, 0.15) is 57.6 Å². The first kappa shape index (κ1) is 15.5. The lowest BCUT2D eigenvalue weighted by Gasteiger charge is -2.32. The van der Waals surface area contributed by atoms with Crippen LogP contribution in [0.25, 0.3) is 0 Å². The molecule has 0 amide bonds. The Labute approximate surface area is 124 Å². The van der Waals surface area contributed by atoms with Gasteiger partial charge in [0, 0.05) is 18.6 Å². The van der Waals surface area contributed by atoms with Gasteiger partial charge in [0.15, 0.2) is 0 Å². The van der Waals surface area contributed by atoms with E-state index in [1.165, 1.54) is 30.5 Å². The molecule has 1 heterocycles. The Bertz CT molecular complexity index is 410. The van der Waals surface area contributed by atoms with E-state index in [0.29, 0.717) is 5.92 Å². The van der Waals surface area contributed by atoms with Crippen LogP contribution in [0.4, 0.5) is 0 Å². The van der Waals surface area contributed by atoms with Crippen LogP contribution >= 0.6 is 0 Å². The topological polar surface area (TPSA) is 15.3 Å². The first-order valence-corrected chi connectivity index (χ1v) is 8.08. The number of nitrogens with one attached hydrogen (secondary N) is 1. The number of nitrogens with zero attached hydrogens (tertiary/aromatic N) is 1. The molecule has 0 bridgehead atoms. The molecular weight excluding hydrogens is 244 g/mol. The quantitative estimate of drug-likeness (QED) is 0.899. The fraction of sp³-hybridized carbons (Fsp3) is 0.667. The maximum absolute atomic E-state index is 3.71. The third-order valence-electron chi connectivity index (χ3n) is 4.61. The molecule has 1 fully saturated rings. The lowest BCUT2D eigenvalue weighted by atomic mass is 9.98. The van der Waals surface area contributed by atoms with Gasteiger partial charge in [-0.05, 0) is 49.9 Å². The fourth-order valence-corrected chi connectivity index (χ4v) is 2.96. The van der Waals surface area contributed by atoms with Crippen molar-refractivity contribution in [3.8, 4) is 0 Å². The van der Waals surface area contributed by atoms with E-state index in [4.69, 9.17) is 0 Å². The molecule has 2 nitrogen and oxygen atoms in total. The molecule has 0 aliphatic carbocycles. The average Bonchev–Trinajstić information content (AvgIpc) is 2.62. The molecule has 0 saturated carbocycles. The molecule has 1 aliphatic rings. The molecule has 1 aliphatic heterocycles. The van der Waals surface area contributed by atoms with Crippen LogP contribution < -0.4 is 5.32 Å². The Kier molecular flexibility index (Phi) is 5.22. The summed E-state index contributed by atoms with van der Waals surface area (Å²) in [6.45, 7) is 13.7. The first-order valence-electron chi connectivity index (χ1n) is 8.08. The van der Waals surface area contributed by atoms with Gasteiger partial charge in [-0.25, -0.2) is 0 Å². The van der Waals surface area contributed by atoms with Crippen molar-refractivity contribution in [1.29, 1.82) is 0 Å². The van der Waals surface area contributed by atoms with Crippen molar-refractivity contribution in [2.75, 3.05) is 19.6 Å². The van der Waals surface area contributed by atoms with Crippen LogP contribution in [0.5, 0.6) is 0 Å². The maximum Gasteiger partial charge on any atom is 0.0277 e. The molecule has 1 atom stereocenters. The van der Waals surface area contributed by atoms with E-state index in [2.05, 4.69) is 62.2 Å². The predicted molar refractivity (Wildman–Crippen MR) is 87.1 cm³/mol. The smallest absolute Gasteiger partial charge is 0.0277 e. The van der Waals surface area contributed by atoms with Crippen LogP contribution in [0.3, 0.4) is 0 Å². The largest absolute Gasteiger partial charge is 0.310 e. The Balaban J connectivity index is 2.01. The second-order valence-electron chi connectivity index (χ2n) is 6.80. The molecular formula is C18H30N2. The van der Waals surface area contributed by atoms with Gasteiger partial charge in [-0.1, -0.05) is 45.0 Å². The monoisotopic (exact) mass is 274 g/mol. The highest BCUT2D eigenvalue weighted by Gasteiger charge is 2.26. The van der Waals surface area contributed by atoms with E-state index in [-0.39, 0.29) is 5.54 Å². The summed E-state index contributed by atoms with van der Waals surface area (Å²) in [5.41, 5.74) is 3.15. The van der Waals surface area contributed by atoms with Crippen molar-refractivity contribution in [2.24, 2.45) is 0 Å². The third kappa shape index (κ3) is 4.07. The van der Waals surface area contributed by atoms with Crippen LogP contribution in [-0.4, -0.2) is 30.1 Å². The fourth-order valence-electron chi connectivity index (χ4n) is 2.96. The Morgan fingerprint density at radius 1 is 1.25 bits per heavy atom. The van der Waals surface area contributed by atoms with Gasteiger partial charge in [-0.2, -0.15) is 0 Å². The van der Waals surface area contributed by atoms with E-state index >= 15 is 0 Å². The molecule has 0 radical (unpaired) electrons. The highest BCUT2D eigenvalue weighted by atomic mass is 15.2. The Morgan fingerprint density at radius 3 is 2.55 bits per heavy atom. The van der Waals surface area contributed by atoms with Gasteiger partial charge in [0.25, 0.3) is 0 Å². The van der Waals surface area contributed by atoms with E-state index in [1.54, 1.807) is 0 Å². The van der Waals surface area contributed by atoms with Crippen LogP contribution in [0.2, 0.25) is 0 Å². The summed E-state index contributed by atoms with van der Waals surface area (Å²) in [4.78, 5) is 2.61. The van der Waals surface area contributed by atoms with Crippen molar-refractivity contribution in [1.82, 2.24) is 10.2 Å². The third-order valence-corrected chi connectivity index (χ3v) is 4.61. The summed E-state index contributed by atoms with van der Waals surface area (Å²) in [6, 6.07) is 9.18. The predicted octanol–water partition coefficient (Wildman–Crippen LogP) is 3.77. The van der Waals surface area contributed by atoms with Crippen molar-refractivity contribution in [3.05, 3.63) is 35.4 Å². The molecule has 1 saturated heterocycles. The minimum atomic E-state index is 0.272. The van der Waals surface area contributed by atoms with Crippen LogP contribution in [0.15, 0.2) is 24.3 Å². The van der Waals surface area contributed by atoms with E-state index < -0.39 is 0 Å². The lowest BCUT2D eigenvalue weighted by Crippen LogP contribution is -2.48. The molecule has 1 N–H and O–H groups in total. The average molecular weight is 274 g/mol. The highest BCUT2D eigenvalue weighted by molar-refractivity contribution is 5.24. The summed E-state index contributed by atoms with van der Waals surface area (Å²) in [5.74, 6) is 0.620. The molecule has 2 heteroatoms. The van der Waals surface area contributed by atoms with Crippen molar-refractivity contribution < 1.29 is 0 Å². The molecule has 1 aromatic rings. The first-order chi connectivity index (χ1) is 9.52. The summed E-state index contributed by atoms with van der Waals surface area (Å²) >= 11 is 0. The van der Waals surface area contributed by atoms with Gasteiger partial charge in [0.2, 0.25) is 0 Å². The molecule has 1 unspecified atom stereocenters. The minimum Gasteiger partial charge on any atom is -0.310 e. The number of rotatable bonds is 4. The van der Waals surface area contributed by atoms with E-state index in [9.17, 15) is 0 Å². The van der Waals surface area contributed by atoms with Gasteiger partial charge < -0.3 is 5.32 Å². The molecule has 112 valence electrons. The zero-order valence-corrected chi connectivity index (χ0v) is 13.6. The number of hydrogen-bond donors (Lipinski definition) is 1. The highest BCUT2D eigenvalue weighted by Crippen LogP contribution is 2.19. The molecule has 2 rings (SSSR count). The summed E-state index contributed by atoms with van der Waals surface area (Å²) < 4.78 is 0. The maximum atomic E-state index is 3.71. The van der Waals surface area contributed by atoms with Gasteiger partial charge in [-0.3, -0.25) is 4.90 Å². The summed E-state index contributed by atoms with van der Waals surface area (Å²) in [7, 11) is 0. The van der Waals surface area contributed by atoms with Crippen LogP contribution in [-0.2, 0) is 6.54 Å². The Morgan fingerprint density at radius 2 is 1.95 bits per heavy atom. The van der Waals surface area contributed by atoms with Gasteiger partial charge >= 0.3 is 0 Å². The van der Waals surface area contributed by atoms with Gasteiger partial charge in [0.05, 0.1) is 0 Å². The molecule has 0 aromatic heterocycles. The summed E-state index contributed by atoms with van der Waals surface area (Å²) in [5, 5.41) is 3.71. The van der Waals surface area contributed by atoms with E-state index in [1.807, 2.05) is 0 Å². The van der Waals surface area contributed by atoms with Crippen molar-refractivity contribution in [3.63, 3.8) is 0 Å². The Hall–Kier alpha value is -0.860. The molecule has 1 aromatic carbocycles. The number of hydrogen-bond acceptors (Lipinski definition) is 2. The number of benzene rings is 1. The van der Waals surface area contributed by atoms with E-state index in [0.717, 1.165) is 19.6 Å². The van der Waals surface area contributed by atoms with Crippen molar-refractivity contribution >= 4 is 0 Å². The molecule has 0 spiro atoms.